The Balaban J connectivity index is 3.27. The fourth-order valence-electron chi connectivity index (χ4n) is 0.377. The number of carbonyl (C=O) groups excluding carboxylic acids is 2. The minimum Gasteiger partial charge on any atom is -0.462 e. The van der Waals surface area contributed by atoms with Crippen LogP contribution in [0.15, 0.2) is 0 Å². The van der Waals surface area contributed by atoms with Crippen LogP contribution in [0.2, 0.25) is 0 Å². The van der Waals surface area contributed by atoms with Crippen LogP contribution in [-0.4, -0.2) is 25.3 Å². The lowest BCUT2D eigenvalue weighted by Gasteiger charge is -2.00. The molecule has 0 unspecified atom stereocenters. The second-order valence-electron chi connectivity index (χ2n) is 1.63. The normalized spacial score (nSPS) is 8.00. The molecule has 12 heavy (non-hydrogen) atoms. The van der Waals surface area contributed by atoms with Crippen LogP contribution >= 0.6 is 0 Å². The first-order valence-corrected chi connectivity index (χ1v) is 3.03. The van der Waals surface area contributed by atoms with Crippen LogP contribution in [0.4, 0.5) is 4.79 Å². The minimum absolute atomic E-state index is 0.0458. The summed E-state index contributed by atoms with van der Waals surface area (Å²) >= 11 is 0. The van der Waals surface area contributed by atoms with E-state index in [-0.39, 0.29) is 13.2 Å². The third-order valence-corrected chi connectivity index (χ3v) is 0.738. The molecule has 0 heterocycles. The molecule has 66 valence electrons. The zero-order chi connectivity index (χ0) is 9.40. The summed E-state index contributed by atoms with van der Waals surface area (Å²) in [6.07, 6.45) is 0.0280. The Bertz CT molecular complexity index is 206. The molecule has 0 saturated carbocycles. The predicted octanol–water partition coefficient (Wildman–Crippen LogP) is 0.184. The zero-order valence-electron chi connectivity index (χ0n) is 6.40. The van der Waals surface area contributed by atoms with Gasteiger partial charge in [-0.25, -0.2) is 4.79 Å². The average Bonchev–Trinajstić information content (AvgIpc) is 1.98. The molecular weight excluding hydrogens is 166 g/mol. The Hall–Kier alpha value is -1.77. The molecule has 0 aliphatic rings. The van der Waals surface area contributed by atoms with Gasteiger partial charge in [0.15, 0.2) is 0 Å². The van der Waals surface area contributed by atoms with Gasteiger partial charge in [0.2, 0.25) is 0 Å². The van der Waals surface area contributed by atoms with Gasteiger partial charge in [-0.05, 0) is 0 Å². The highest BCUT2D eigenvalue weighted by atomic mass is 16.7. The molecule has 0 saturated heterocycles. The maximum Gasteiger partial charge on any atom is 0.524 e. The SMILES string of the molecule is CC(=O)OCCOC(=O)OC#N. The number of ether oxygens (including phenoxy) is 3. The highest BCUT2D eigenvalue weighted by molar-refractivity contribution is 5.66. The molecule has 0 aliphatic heterocycles. The Morgan fingerprint density at radius 1 is 1.33 bits per heavy atom. The van der Waals surface area contributed by atoms with Gasteiger partial charge in [0, 0.05) is 6.92 Å². The summed E-state index contributed by atoms with van der Waals surface area (Å²) in [5.74, 6) is -0.466. The largest absolute Gasteiger partial charge is 0.524 e. The number of nitrogens with zero attached hydrogens (tertiary/aromatic N) is 1. The van der Waals surface area contributed by atoms with Gasteiger partial charge in [0.1, 0.15) is 13.2 Å². The molecule has 0 aromatic carbocycles. The number of nitriles is 1. The van der Waals surface area contributed by atoms with Crippen LogP contribution in [-0.2, 0) is 19.0 Å². The molecule has 0 radical (unpaired) electrons. The van der Waals surface area contributed by atoms with Crippen molar-refractivity contribution in [1.29, 1.82) is 5.26 Å². The standard InChI is InChI=1S/C6H7NO5/c1-5(8)10-2-3-11-6(9)12-4-7/h2-3H2,1H3. The Morgan fingerprint density at radius 3 is 2.42 bits per heavy atom. The Labute approximate surface area is 68.6 Å². The van der Waals surface area contributed by atoms with Gasteiger partial charge in [-0.2, -0.15) is 0 Å². The van der Waals surface area contributed by atoms with Gasteiger partial charge in [0.25, 0.3) is 6.26 Å². The van der Waals surface area contributed by atoms with Crippen molar-refractivity contribution in [2.45, 2.75) is 6.92 Å². The van der Waals surface area contributed by atoms with Crippen molar-refractivity contribution in [1.82, 2.24) is 0 Å². The molecule has 0 spiro atoms. The number of rotatable bonds is 3. The first kappa shape index (κ1) is 10.2. The van der Waals surface area contributed by atoms with Crippen molar-refractivity contribution in [2.24, 2.45) is 0 Å². The number of esters is 1. The second-order valence-corrected chi connectivity index (χ2v) is 1.63. The van der Waals surface area contributed by atoms with Gasteiger partial charge < -0.3 is 14.2 Å². The van der Waals surface area contributed by atoms with Crippen molar-refractivity contribution in [3.63, 3.8) is 0 Å². The maximum atomic E-state index is 10.3. The monoisotopic (exact) mass is 173 g/mol. The highest BCUT2D eigenvalue weighted by Crippen LogP contribution is 1.84. The summed E-state index contributed by atoms with van der Waals surface area (Å²) in [4.78, 5) is 20.4. The fourth-order valence-corrected chi connectivity index (χ4v) is 0.377. The maximum absolute atomic E-state index is 10.3. The molecule has 0 rings (SSSR count). The van der Waals surface area contributed by atoms with Crippen LogP contribution in [0.3, 0.4) is 0 Å². The first-order chi connectivity index (χ1) is 5.66. The van der Waals surface area contributed by atoms with Crippen LogP contribution < -0.4 is 0 Å². The van der Waals surface area contributed by atoms with Gasteiger partial charge in [0.05, 0.1) is 0 Å². The van der Waals surface area contributed by atoms with E-state index >= 15 is 0 Å². The molecule has 0 aromatic rings. The topological polar surface area (TPSA) is 85.6 Å². The molecule has 0 aliphatic carbocycles. The number of hydrogen-bond donors (Lipinski definition) is 0. The fraction of sp³-hybridized carbons (Fsp3) is 0.500. The van der Waals surface area contributed by atoms with E-state index in [0.717, 1.165) is 6.26 Å². The van der Waals surface area contributed by atoms with Crippen molar-refractivity contribution in [3.8, 4) is 6.26 Å². The molecule has 0 bridgehead atoms. The molecule has 0 amide bonds. The van der Waals surface area contributed by atoms with E-state index in [1.165, 1.54) is 6.92 Å². The Kier molecular flexibility index (Phi) is 5.09. The molecule has 6 nitrogen and oxygen atoms in total. The van der Waals surface area contributed by atoms with Gasteiger partial charge in [-0.1, -0.05) is 0 Å². The van der Waals surface area contributed by atoms with Crippen molar-refractivity contribution >= 4 is 12.1 Å². The summed E-state index contributed by atoms with van der Waals surface area (Å²) in [7, 11) is 0. The van der Waals surface area contributed by atoms with Crippen molar-refractivity contribution < 1.29 is 23.8 Å². The summed E-state index contributed by atoms with van der Waals surface area (Å²) < 4.78 is 12.4. The summed E-state index contributed by atoms with van der Waals surface area (Å²) in [6, 6.07) is 0. The smallest absolute Gasteiger partial charge is 0.462 e. The third-order valence-electron chi connectivity index (χ3n) is 0.738. The van der Waals surface area contributed by atoms with E-state index in [1.807, 2.05) is 0 Å². The third kappa shape index (κ3) is 6.35. The van der Waals surface area contributed by atoms with E-state index in [1.54, 1.807) is 0 Å². The summed E-state index contributed by atoms with van der Waals surface area (Å²) in [5.41, 5.74) is 0. The average molecular weight is 173 g/mol. The molecule has 0 N–H and O–H groups in total. The summed E-state index contributed by atoms with van der Waals surface area (Å²) in [5, 5.41) is 7.82. The van der Waals surface area contributed by atoms with Gasteiger partial charge in [-0.3, -0.25) is 4.79 Å². The van der Waals surface area contributed by atoms with Crippen LogP contribution in [0.25, 0.3) is 0 Å². The van der Waals surface area contributed by atoms with E-state index in [0.29, 0.717) is 0 Å². The van der Waals surface area contributed by atoms with Crippen molar-refractivity contribution in [3.05, 3.63) is 0 Å². The molecular formula is C6H7NO5. The lowest BCUT2D eigenvalue weighted by atomic mass is 10.7. The summed E-state index contributed by atoms with van der Waals surface area (Å²) in [6.45, 7) is 1.06. The van der Waals surface area contributed by atoms with E-state index in [4.69, 9.17) is 5.26 Å². The van der Waals surface area contributed by atoms with Gasteiger partial charge >= 0.3 is 12.1 Å². The zero-order valence-corrected chi connectivity index (χ0v) is 6.40. The number of hydrogen-bond acceptors (Lipinski definition) is 6. The molecule has 0 fully saturated rings. The molecule has 6 heteroatoms. The van der Waals surface area contributed by atoms with Crippen LogP contribution in [0.1, 0.15) is 6.92 Å². The minimum atomic E-state index is -1.11. The number of carbonyl (C=O) groups is 2. The van der Waals surface area contributed by atoms with Gasteiger partial charge in [-0.15, -0.1) is 5.26 Å². The van der Waals surface area contributed by atoms with E-state index < -0.39 is 12.1 Å². The second kappa shape index (κ2) is 5.97. The first-order valence-electron chi connectivity index (χ1n) is 3.03. The Morgan fingerprint density at radius 2 is 1.92 bits per heavy atom. The molecule has 0 atom stereocenters. The lowest BCUT2D eigenvalue weighted by molar-refractivity contribution is -0.142. The predicted molar refractivity (Wildman–Crippen MR) is 34.7 cm³/mol. The molecule has 0 aromatic heterocycles. The van der Waals surface area contributed by atoms with E-state index in [9.17, 15) is 9.59 Å². The lowest BCUT2D eigenvalue weighted by Crippen LogP contribution is -2.11. The van der Waals surface area contributed by atoms with E-state index in [2.05, 4.69) is 14.2 Å². The quantitative estimate of drug-likeness (QED) is 0.344. The highest BCUT2D eigenvalue weighted by Gasteiger charge is 2.02. The van der Waals surface area contributed by atoms with Crippen LogP contribution in [0, 0.1) is 11.5 Å². The van der Waals surface area contributed by atoms with Crippen molar-refractivity contribution in [2.75, 3.05) is 13.2 Å². The van der Waals surface area contributed by atoms with Crippen LogP contribution in [0.5, 0.6) is 0 Å².